The van der Waals surface area contributed by atoms with E-state index < -0.39 is 0 Å². The lowest BCUT2D eigenvalue weighted by Gasteiger charge is -2.23. The summed E-state index contributed by atoms with van der Waals surface area (Å²) in [5.74, 6) is 2.06. The van der Waals surface area contributed by atoms with Crippen molar-refractivity contribution >= 4 is 11.7 Å². The third-order valence-corrected chi connectivity index (χ3v) is 4.69. The number of aromatic nitrogens is 2. The molecule has 1 aliphatic carbocycles. The van der Waals surface area contributed by atoms with Gasteiger partial charge in [0.2, 0.25) is 11.8 Å². The fourth-order valence-electron chi connectivity index (χ4n) is 2.93. The number of hydrogen-bond acceptors (Lipinski definition) is 5. The molecule has 0 bridgehead atoms. The third kappa shape index (κ3) is 4.81. The molecule has 1 aromatic rings. The molecular formula is C17H28N4O2. The maximum absolute atomic E-state index is 11.3. The number of amides is 1. The lowest BCUT2D eigenvalue weighted by atomic mass is 10.0. The minimum atomic E-state index is 0.0633. The quantitative estimate of drug-likeness (QED) is 0.772. The Balaban J connectivity index is 1.94. The third-order valence-electron chi connectivity index (χ3n) is 4.69. The molecule has 1 saturated carbocycles. The molecule has 128 valence electrons. The molecule has 1 amide bonds. The molecular weight excluding hydrogens is 292 g/mol. The summed E-state index contributed by atoms with van der Waals surface area (Å²) in [5, 5.41) is 0. The van der Waals surface area contributed by atoms with E-state index in [0.717, 1.165) is 18.7 Å². The van der Waals surface area contributed by atoms with Crippen LogP contribution in [-0.4, -0.2) is 54.1 Å². The molecule has 0 radical (unpaired) electrons. The standard InChI is InChI=1S/C17H28N4O2/c1-5-14-7-6-8-15(14)23-17-12-18-11-16(19-17)21(4)10-9-20(3)13(2)22/h11-12,14-15H,5-10H2,1-4H3/t14-,15+/m1/s1. The van der Waals surface area contributed by atoms with Gasteiger partial charge in [-0.2, -0.15) is 4.98 Å². The number of likely N-dealkylation sites (N-methyl/N-ethyl adjacent to an activating group) is 2. The van der Waals surface area contributed by atoms with E-state index in [9.17, 15) is 4.79 Å². The number of rotatable bonds is 7. The van der Waals surface area contributed by atoms with Gasteiger partial charge in [0.15, 0.2) is 5.82 Å². The van der Waals surface area contributed by atoms with Gasteiger partial charge in [-0.15, -0.1) is 0 Å². The van der Waals surface area contributed by atoms with Gasteiger partial charge in [-0.05, 0) is 31.6 Å². The van der Waals surface area contributed by atoms with Gasteiger partial charge in [-0.1, -0.05) is 6.92 Å². The normalized spacial score (nSPS) is 20.3. The molecule has 1 heterocycles. The molecule has 1 aliphatic rings. The van der Waals surface area contributed by atoms with E-state index in [2.05, 4.69) is 16.9 Å². The van der Waals surface area contributed by atoms with Crippen LogP contribution in [0.25, 0.3) is 0 Å². The van der Waals surface area contributed by atoms with Crippen LogP contribution < -0.4 is 9.64 Å². The first kappa shape index (κ1) is 17.5. The average Bonchev–Trinajstić information content (AvgIpc) is 2.99. The first-order chi connectivity index (χ1) is 11.0. The van der Waals surface area contributed by atoms with Gasteiger partial charge in [0.05, 0.1) is 12.4 Å². The molecule has 0 N–H and O–H groups in total. The van der Waals surface area contributed by atoms with Crippen molar-refractivity contribution in [2.45, 2.75) is 45.6 Å². The number of anilines is 1. The van der Waals surface area contributed by atoms with Crippen LogP contribution in [0.15, 0.2) is 12.4 Å². The van der Waals surface area contributed by atoms with Crippen molar-refractivity contribution in [3.8, 4) is 5.88 Å². The zero-order valence-corrected chi connectivity index (χ0v) is 14.7. The summed E-state index contributed by atoms with van der Waals surface area (Å²) in [6.07, 6.45) is 8.40. The molecule has 23 heavy (non-hydrogen) atoms. The maximum Gasteiger partial charge on any atom is 0.234 e. The Labute approximate surface area is 138 Å². The SMILES string of the molecule is CC[C@@H]1CCC[C@@H]1Oc1cncc(N(C)CCN(C)C(C)=O)n1. The van der Waals surface area contributed by atoms with Gasteiger partial charge >= 0.3 is 0 Å². The van der Waals surface area contributed by atoms with Crippen molar-refractivity contribution in [3.63, 3.8) is 0 Å². The predicted octanol–water partition coefficient (Wildman–Crippen LogP) is 2.35. The molecule has 2 atom stereocenters. The summed E-state index contributed by atoms with van der Waals surface area (Å²) < 4.78 is 6.07. The van der Waals surface area contributed by atoms with E-state index in [1.54, 1.807) is 31.3 Å². The highest BCUT2D eigenvalue weighted by Gasteiger charge is 2.27. The van der Waals surface area contributed by atoms with E-state index in [4.69, 9.17) is 4.74 Å². The Bertz CT molecular complexity index is 523. The summed E-state index contributed by atoms with van der Waals surface area (Å²) in [5.41, 5.74) is 0. The fraction of sp³-hybridized carbons (Fsp3) is 0.706. The summed E-state index contributed by atoms with van der Waals surface area (Å²) in [4.78, 5) is 23.8. The zero-order chi connectivity index (χ0) is 16.8. The molecule has 0 aliphatic heterocycles. The topological polar surface area (TPSA) is 58.6 Å². The molecule has 0 aromatic carbocycles. The van der Waals surface area contributed by atoms with Crippen molar-refractivity contribution < 1.29 is 9.53 Å². The minimum Gasteiger partial charge on any atom is -0.473 e. The van der Waals surface area contributed by atoms with Crippen LogP contribution in [0, 0.1) is 5.92 Å². The summed E-state index contributed by atoms with van der Waals surface area (Å²) >= 11 is 0. The predicted molar refractivity (Wildman–Crippen MR) is 90.7 cm³/mol. The van der Waals surface area contributed by atoms with Crippen molar-refractivity contribution in [2.75, 3.05) is 32.1 Å². The second-order valence-electron chi connectivity index (χ2n) is 6.33. The molecule has 6 heteroatoms. The average molecular weight is 320 g/mol. The van der Waals surface area contributed by atoms with Gasteiger partial charge in [-0.3, -0.25) is 9.78 Å². The van der Waals surface area contributed by atoms with Crippen LogP contribution in [0.4, 0.5) is 5.82 Å². The first-order valence-electron chi connectivity index (χ1n) is 8.42. The van der Waals surface area contributed by atoms with Crippen LogP contribution in [0.1, 0.15) is 39.5 Å². The summed E-state index contributed by atoms with van der Waals surface area (Å²) in [7, 11) is 3.75. The number of nitrogens with zero attached hydrogens (tertiary/aromatic N) is 4. The van der Waals surface area contributed by atoms with Crippen LogP contribution in [-0.2, 0) is 4.79 Å². The molecule has 0 unspecified atom stereocenters. The van der Waals surface area contributed by atoms with E-state index in [1.165, 1.54) is 12.8 Å². The van der Waals surface area contributed by atoms with Crippen LogP contribution >= 0.6 is 0 Å². The van der Waals surface area contributed by atoms with Crippen molar-refractivity contribution in [3.05, 3.63) is 12.4 Å². The van der Waals surface area contributed by atoms with Gasteiger partial charge in [0.1, 0.15) is 6.10 Å². The zero-order valence-electron chi connectivity index (χ0n) is 14.7. The van der Waals surface area contributed by atoms with Crippen LogP contribution in [0.3, 0.4) is 0 Å². The van der Waals surface area contributed by atoms with Crippen LogP contribution in [0.2, 0.25) is 0 Å². The Morgan fingerprint density at radius 3 is 2.78 bits per heavy atom. The fourth-order valence-corrected chi connectivity index (χ4v) is 2.93. The number of ether oxygens (including phenoxy) is 1. The molecule has 6 nitrogen and oxygen atoms in total. The van der Waals surface area contributed by atoms with Crippen LogP contribution in [0.5, 0.6) is 5.88 Å². The maximum atomic E-state index is 11.3. The lowest BCUT2D eigenvalue weighted by Crippen LogP contribution is -2.33. The smallest absolute Gasteiger partial charge is 0.234 e. The molecule has 2 rings (SSSR count). The van der Waals surface area contributed by atoms with E-state index in [-0.39, 0.29) is 12.0 Å². The highest BCUT2D eigenvalue weighted by molar-refractivity contribution is 5.72. The van der Waals surface area contributed by atoms with Gasteiger partial charge in [0.25, 0.3) is 0 Å². The van der Waals surface area contributed by atoms with Gasteiger partial charge < -0.3 is 14.5 Å². The first-order valence-corrected chi connectivity index (χ1v) is 8.42. The lowest BCUT2D eigenvalue weighted by molar-refractivity contribution is -0.127. The minimum absolute atomic E-state index is 0.0633. The Morgan fingerprint density at radius 1 is 1.30 bits per heavy atom. The summed E-state index contributed by atoms with van der Waals surface area (Å²) in [6, 6.07) is 0. The van der Waals surface area contributed by atoms with E-state index in [0.29, 0.717) is 24.9 Å². The van der Waals surface area contributed by atoms with Gasteiger partial charge in [0, 0.05) is 34.1 Å². The van der Waals surface area contributed by atoms with Gasteiger partial charge in [-0.25, -0.2) is 0 Å². The van der Waals surface area contributed by atoms with E-state index >= 15 is 0 Å². The molecule has 0 saturated heterocycles. The highest BCUT2D eigenvalue weighted by Crippen LogP contribution is 2.31. The Kier molecular flexibility index (Phi) is 6.19. The Hall–Kier alpha value is -1.85. The largest absolute Gasteiger partial charge is 0.473 e. The number of carbonyl (C=O) groups excluding carboxylic acids is 1. The number of carbonyl (C=O) groups is 1. The van der Waals surface area contributed by atoms with Crippen molar-refractivity contribution in [2.24, 2.45) is 5.92 Å². The summed E-state index contributed by atoms with van der Waals surface area (Å²) in [6.45, 7) is 5.14. The molecule has 0 spiro atoms. The second kappa shape index (κ2) is 8.13. The molecule has 1 aromatic heterocycles. The highest BCUT2D eigenvalue weighted by atomic mass is 16.5. The monoisotopic (exact) mass is 320 g/mol. The molecule has 1 fully saturated rings. The second-order valence-corrected chi connectivity index (χ2v) is 6.33. The number of hydrogen-bond donors (Lipinski definition) is 0. The van der Waals surface area contributed by atoms with Crippen molar-refractivity contribution in [1.29, 1.82) is 0 Å². The van der Waals surface area contributed by atoms with E-state index in [1.807, 2.05) is 11.9 Å². The Morgan fingerprint density at radius 2 is 2.09 bits per heavy atom. The van der Waals surface area contributed by atoms with Crippen molar-refractivity contribution in [1.82, 2.24) is 14.9 Å².